The first kappa shape index (κ1) is 16.8. The Bertz CT molecular complexity index is 958. The Hall–Kier alpha value is -3.02. The SMILES string of the molecule is COc1cc(C(=O)NCc2ccccc2C)nc2c(F)cc(F)cc12. The number of benzene rings is 2. The fourth-order valence-electron chi connectivity index (χ4n) is 2.58. The molecule has 0 spiro atoms. The third-order valence-electron chi connectivity index (χ3n) is 3.95. The maximum atomic E-state index is 14.0. The van der Waals surface area contributed by atoms with Gasteiger partial charge < -0.3 is 10.1 Å². The molecule has 1 heterocycles. The topological polar surface area (TPSA) is 51.2 Å². The van der Waals surface area contributed by atoms with Crippen LogP contribution in [-0.4, -0.2) is 18.0 Å². The van der Waals surface area contributed by atoms with E-state index in [1.54, 1.807) is 0 Å². The highest BCUT2D eigenvalue weighted by atomic mass is 19.1. The second-order valence-corrected chi connectivity index (χ2v) is 5.60. The first-order chi connectivity index (χ1) is 12.0. The van der Waals surface area contributed by atoms with Crippen molar-refractivity contribution in [1.82, 2.24) is 10.3 Å². The van der Waals surface area contributed by atoms with E-state index in [-0.39, 0.29) is 22.3 Å². The standard InChI is InChI=1S/C19H16F2N2O2/c1-11-5-3-4-6-12(11)10-22-19(24)16-9-17(25-2)14-7-13(20)8-15(21)18(14)23-16/h3-9H,10H2,1-2H3,(H,22,24). The van der Waals surface area contributed by atoms with E-state index in [1.165, 1.54) is 13.2 Å². The van der Waals surface area contributed by atoms with Crippen LogP contribution in [0.2, 0.25) is 0 Å². The fraction of sp³-hybridized carbons (Fsp3) is 0.158. The number of nitrogens with zero attached hydrogens (tertiary/aromatic N) is 1. The molecule has 3 rings (SSSR count). The molecule has 0 aliphatic heterocycles. The Morgan fingerprint density at radius 3 is 2.68 bits per heavy atom. The summed E-state index contributed by atoms with van der Waals surface area (Å²) in [5.74, 6) is -1.86. The van der Waals surface area contributed by atoms with E-state index >= 15 is 0 Å². The summed E-state index contributed by atoms with van der Waals surface area (Å²) < 4.78 is 32.6. The summed E-state index contributed by atoms with van der Waals surface area (Å²) in [6, 6.07) is 10.9. The molecule has 0 bridgehead atoms. The number of hydrogen-bond acceptors (Lipinski definition) is 3. The average molecular weight is 342 g/mol. The van der Waals surface area contributed by atoms with Gasteiger partial charge in [0, 0.05) is 24.1 Å². The number of hydrogen-bond donors (Lipinski definition) is 1. The molecule has 0 fully saturated rings. The highest BCUT2D eigenvalue weighted by molar-refractivity contribution is 5.97. The quantitative estimate of drug-likeness (QED) is 0.785. The van der Waals surface area contributed by atoms with Crippen LogP contribution in [0.25, 0.3) is 10.9 Å². The molecule has 1 N–H and O–H groups in total. The van der Waals surface area contributed by atoms with E-state index < -0.39 is 17.5 Å². The number of carbonyl (C=O) groups is 1. The van der Waals surface area contributed by atoms with Gasteiger partial charge in [0.2, 0.25) is 0 Å². The molecule has 4 nitrogen and oxygen atoms in total. The smallest absolute Gasteiger partial charge is 0.270 e. The third kappa shape index (κ3) is 3.42. The minimum absolute atomic E-state index is 0.00319. The number of halogens is 2. The number of carbonyl (C=O) groups excluding carboxylic acids is 1. The summed E-state index contributed by atoms with van der Waals surface area (Å²) in [5.41, 5.74) is 1.91. The summed E-state index contributed by atoms with van der Waals surface area (Å²) in [6.07, 6.45) is 0. The molecular weight excluding hydrogens is 326 g/mol. The van der Waals surface area contributed by atoms with E-state index in [4.69, 9.17) is 4.74 Å². The zero-order valence-corrected chi connectivity index (χ0v) is 13.8. The summed E-state index contributed by atoms with van der Waals surface area (Å²) >= 11 is 0. The van der Waals surface area contributed by atoms with Crippen LogP contribution in [0.5, 0.6) is 5.75 Å². The fourth-order valence-corrected chi connectivity index (χ4v) is 2.58. The van der Waals surface area contributed by atoms with Crippen LogP contribution in [-0.2, 0) is 6.54 Å². The molecule has 0 unspecified atom stereocenters. The van der Waals surface area contributed by atoms with Crippen molar-refractivity contribution in [2.24, 2.45) is 0 Å². The molecule has 1 aromatic heterocycles. The van der Waals surface area contributed by atoms with Crippen LogP contribution in [0.15, 0.2) is 42.5 Å². The number of amides is 1. The molecule has 2 aromatic carbocycles. The predicted molar refractivity (Wildman–Crippen MR) is 90.6 cm³/mol. The molecule has 0 saturated heterocycles. The van der Waals surface area contributed by atoms with Crippen molar-refractivity contribution in [3.05, 3.63) is 70.9 Å². The first-order valence-corrected chi connectivity index (χ1v) is 7.66. The number of rotatable bonds is 4. The number of methoxy groups -OCH3 is 1. The van der Waals surface area contributed by atoms with Gasteiger partial charge in [0.25, 0.3) is 5.91 Å². The molecule has 0 radical (unpaired) electrons. The lowest BCUT2D eigenvalue weighted by molar-refractivity contribution is 0.0946. The minimum Gasteiger partial charge on any atom is -0.496 e. The Balaban J connectivity index is 1.92. The van der Waals surface area contributed by atoms with Crippen LogP contribution >= 0.6 is 0 Å². The van der Waals surface area contributed by atoms with Crippen molar-refractivity contribution in [2.75, 3.05) is 7.11 Å². The van der Waals surface area contributed by atoms with Gasteiger partial charge in [-0.2, -0.15) is 0 Å². The molecule has 25 heavy (non-hydrogen) atoms. The molecule has 0 saturated carbocycles. The molecule has 0 atom stereocenters. The Labute approximate surface area is 143 Å². The van der Waals surface area contributed by atoms with Gasteiger partial charge in [0.1, 0.15) is 22.8 Å². The predicted octanol–water partition coefficient (Wildman–Crippen LogP) is 3.76. The Morgan fingerprint density at radius 1 is 1.20 bits per heavy atom. The second kappa shape index (κ2) is 6.84. The lowest BCUT2D eigenvalue weighted by atomic mass is 10.1. The number of aryl methyl sites for hydroxylation is 1. The molecule has 128 valence electrons. The summed E-state index contributed by atoms with van der Waals surface area (Å²) in [7, 11) is 1.37. The molecule has 6 heteroatoms. The van der Waals surface area contributed by atoms with Crippen molar-refractivity contribution >= 4 is 16.8 Å². The van der Waals surface area contributed by atoms with Gasteiger partial charge in [0.15, 0.2) is 5.82 Å². The van der Waals surface area contributed by atoms with Gasteiger partial charge in [-0.15, -0.1) is 0 Å². The maximum absolute atomic E-state index is 14.0. The lowest BCUT2D eigenvalue weighted by Crippen LogP contribution is -2.24. The Morgan fingerprint density at radius 2 is 1.96 bits per heavy atom. The van der Waals surface area contributed by atoms with Crippen molar-refractivity contribution in [2.45, 2.75) is 13.5 Å². The number of aromatic nitrogens is 1. The maximum Gasteiger partial charge on any atom is 0.270 e. The minimum atomic E-state index is -0.846. The third-order valence-corrected chi connectivity index (χ3v) is 3.95. The number of fused-ring (bicyclic) bond motifs is 1. The number of nitrogens with one attached hydrogen (secondary N) is 1. The second-order valence-electron chi connectivity index (χ2n) is 5.60. The van der Waals surface area contributed by atoms with Crippen molar-refractivity contribution < 1.29 is 18.3 Å². The van der Waals surface area contributed by atoms with Gasteiger partial charge in [-0.25, -0.2) is 13.8 Å². The van der Waals surface area contributed by atoms with E-state index in [1.807, 2.05) is 31.2 Å². The molecular formula is C19H16F2N2O2. The first-order valence-electron chi connectivity index (χ1n) is 7.66. The molecule has 3 aromatic rings. The van der Waals surface area contributed by atoms with Gasteiger partial charge in [-0.1, -0.05) is 24.3 Å². The van der Waals surface area contributed by atoms with E-state index in [2.05, 4.69) is 10.3 Å². The number of pyridine rings is 1. The van der Waals surface area contributed by atoms with Gasteiger partial charge >= 0.3 is 0 Å². The Kier molecular flexibility index (Phi) is 4.61. The summed E-state index contributed by atoms with van der Waals surface area (Å²) in [4.78, 5) is 16.4. The van der Waals surface area contributed by atoms with E-state index in [9.17, 15) is 13.6 Å². The average Bonchev–Trinajstić information content (AvgIpc) is 2.60. The van der Waals surface area contributed by atoms with Crippen molar-refractivity contribution in [1.29, 1.82) is 0 Å². The molecule has 0 aliphatic carbocycles. The summed E-state index contributed by atoms with van der Waals surface area (Å²) in [5, 5.41) is 2.93. The zero-order chi connectivity index (χ0) is 18.0. The monoisotopic (exact) mass is 342 g/mol. The van der Waals surface area contributed by atoms with E-state index in [0.29, 0.717) is 6.54 Å². The highest BCUT2D eigenvalue weighted by Crippen LogP contribution is 2.28. The molecule has 0 aliphatic rings. The lowest BCUT2D eigenvalue weighted by Gasteiger charge is -2.11. The van der Waals surface area contributed by atoms with Crippen LogP contribution in [0.3, 0.4) is 0 Å². The van der Waals surface area contributed by atoms with Gasteiger partial charge in [-0.3, -0.25) is 4.79 Å². The highest BCUT2D eigenvalue weighted by Gasteiger charge is 2.16. The number of ether oxygens (including phenoxy) is 1. The molecule has 1 amide bonds. The van der Waals surface area contributed by atoms with Gasteiger partial charge in [-0.05, 0) is 24.1 Å². The van der Waals surface area contributed by atoms with Crippen LogP contribution < -0.4 is 10.1 Å². The van der Waals surface area contributed by atoms with Gasteiger partial charge in [0.05, 0.1) is 7.11 Å². The largest absolute Gasteiger partial charge is 0.496 e. The van der Waals surface area contributed by atoms with Crippen LogP contribution in [0, 0.1) is 18.6 Å². The van der Waals surface area contributed by atoms with Crippen LogP contribution in [0.4, 0.5) is 8.78 Å². The van der Waals surface area contributed by atoms with E-state index in [0.717, 1.165) is 23.3 Å². The normalized spacial score (nSPS) is 10.7. The summed E-state index contributed by atoms with van der Waals surface area (Å²) in [6.45, 7) is 2.27. The zero-order valence-electron chi connectivity index (χ0n) is 13.8. The van der Waals surface area contributed by atoms with Crippen LogP contribution in [0.1, 0.15) is 21.6 Å². The van der Waals surface area contributed by atoms with Crippen molar-refractivity contribution in [3.8, 4) is 5.75 Å². The van der Waals surface area contributed by atoms with Crippen molar-refractivity contribution in [3.63, 3.8) is 0 Å².